The van der Waals surface area contributed by atoms with Crippen LogP contribution >= 0.6 is 12.2 Å². The van der Waals surface area contributed by atoms with Gasteiger partial charge >= 0.3 is 0 Å². The average molecular weight is 440 g/mol. The molecule has 0 heterocycles. The third-order valence-electron chi connectivity index (χ3n) is 4.37. The van der Waals surface area contributed by atoms with Gasteiger partial charge in [0.05, 0.1) is 4.90 Å². The Kier molecular flexibility index (Phi) is 6.61. The molecule has 6 nitrogen and oxygen atoms in total. The summed E-state index contributed by atoms with van der Waals surface area (Å²) in [6.07, 6.45) is 0. The smallest absolute Gasteiger partial charge is 0.257 e. The molecule has 2 N–H and O–H groups in total. The van der Waals surface area contributed by atoms with Gasteiger partial charge in [-0.3, -0.25) is 10.1 Å². The van der Waals surface area contributed by atoms with Crippen LogP contribution in [-0.4, -0.2) is 37.8 Å². The molecule has 0 aliphatic carbocycles. The van der Waals surface area contributed by atoms with Crippen LogP contribution in [0.15, 0.2) is 83.8 Å². The molecule has 8 heteroatoms. The molecular formula is C22H21N3O3S2. The largest absolute Gasteiger partial charge is 0.332 e. The van der Waals surface area contributed by atoms with E-state index in [4.69, 9.17) is 12.2 Å². The molecule has 3 rings (SSSR count). The van der Waals surface area contributed by atoms with E-state index in [0.29, 0.717) is 11.3 Å². The fraction of sp³-hybridized carbons (Fsp3) is 0.0909. The Labute approximate surface area is 181 Å². The van der Waals surface area contributed by atoms with Gasteiger partial charge in [0.15, 0.2) is 5.11 Å². The van der Waals surface area contributed by atoms with Gasteiger partial charge in [-0.05, 0) is 59.7 Å². The van der Waals surface area contributed by atoms with Crippen LogP contribution in [0.4, 0.5) is 5.69 Å². The van der Waals surface area contributed by atoms with E-state index in [9.17, 15) is 13.2 Å². The first-order valence-electron chi connectivity index (χ1n) is 9.08. The maximum atomic E-state index is 12.4. The second-order valence-corrected chi connectivity index (χ2v) is 9.22. The lowest BCUT2D eigenvalue weighted by Crippen LogP contribution is -2.34. The third-order valence-corrected chi connectivity index (χ3v) is 6.41. The van der Waals surface area contributed by atoms with Crippen LogP contribution in [0.1, 0.15) is 10.4 Å². The molecule has 0 fully saturated rings. The van der Waals surface area contributed by atoms with Crippen molar-refractivity contribution in [3.05, 3.63) is 84.4 Å². The van der Waals surface area contributed by atoms with Crippen molar-refractivity contribution in [2.24, 2.45) is 0 Å². The molecule has 154 valence electrons. The van der Waals surface area contributed by atoms with Crippen molar-refractivity contribution in [1.82, 2.24) is 9.62 Å². The van der Waals surface area contributed by atoms with E-state index < -0.39 is 10.0 Å². The maximum absolute atomic E-state index is 12.4. The van der Waals surface area contributed by atoms with Crippen LogP contribution < -0.4 is 10.6 Å². The Morgan fingerprint density at radius 3 is 1.97 bits per heavy atom. The zero-order chi connectivity index (χ0) is 21.7. The van der Waals surface area contributed by atoms with Crippen molar-refractivity contribution in [3.63, 3.8) is 0 Å². The van der Waals surface area contributed by atoms with Crippen LogP contribution in [0.2, 0.25) is 0 Å². The molecule has 0 atom stereocenters. The summed E-state index contributed by atoms with van der Waals surface area (Å²) in [5, 5.41) is 5.62. The van der Waals surface area contributed by atoms with E-state index in [2.05, 4.69) is 10.6 Å². The number of benzene rings is 3. The molecule has 0 saturated carbocycles. The molecule has 0 bridgehead atoms. The molecule has 0 spiro atoms. The van der Waals surface area contributed by atoms with Crippen molar-refractivity contribution >= 4 is 38.9 Å². The van der Waals surface area contributed by atoms with E-state index >= 15 is 0 Å². The van der Waals surface area contributed by atoms with Gasteiger partial charge in [-0.25, -0.2) is 12.7 Å². The predicted octanol–water partition coefficient (Wildman–Crippen LogP) is 3.73. The highest BCUT2D eigenvalue weighted by atomic mass is 32.2. The minimum Gasteiger partial charge on any atom is -0.332 e. The van der Waals surface area contributed by atoms with Crippen molar-refractivity contribution in [1.29, 1.82) is 0 Å². The van der Waals surface area contributed by atoms with Crippen LogP contribution in [0.25, 0.3) is 11.1 Å². The highest BCUT2D eigenvalue weighted by Gasteiger charge is 2.16. The normalized spacial score (nSPS) is 11.2. The van der Waals surface area contributed by atoms with Crippen molar-refractivity contribution < 1.29 is 13.2 Å². The van der Waals surface area contributed by atoms with Gasteiger partial charge in [-0.1, -0.05) is 42.5 Å². The van der Waals surface area contributed by atoms with E-state index in [0.717, 1.165) is 15.4 Å². The van der Waals surface area contributed by atoms with Gasteiger partial charge in [0.1, 0.15) is 0 Å². The molecule has 30 heavy (non-hydrogen) atoms. The molecule has 3 aromatic carbocycles. The average Bonchev–Trinajstić information content (AvgIpc) is 2.74. The van der Waals surface area contributed by atoms with Gasteiger partial charge < -0.3 is 5.32 Å². The first-order chi connectivity index (χ1) is 14.3. The molecule has 0 radical (unpaired) electrons. The highest BCUT2D eigenvalue weighted by Crippen LogP contribution is 2.19. The van der Waals surface area contributed by atoms with E-state index in [1.165, 1.54) is 26.2 Å². The Hall–Kier alpha value is -3.07. The van der Waals surface area contributed by atoms with E-state index in [1.54, 1.807) is 24.3 Å². The Morgan fingerprint density at radius 2 is 1.40 bits per heavy atom. The van der Waals surface area contributed by atoms with Crippen LogP contribution in [-0.2, 0) is 10.0 Å². The number of rotatable bonds is 5. The number of thiocarbonyl (C=S) groups is 1. The number of nitrogens with one attached hydrogen (secondary N) is 2. The van der Waals surface area contributed by atoms with Gasteiger partial charge in [-0.2, -0.15) is 0 Å². The summed E-state index contributed by atoms with van der Waals surface area (Å²) < 4.78 is 25.4. The SMILES string of the molecule is CN(C)S(=O)(=O)c1ccc(NC(=S)NC(=O)c2ccc(-c3ccccc3)cc2)cc1. The van der Waals surface area contributed by atoms with Crippen molar-refractivity contribution in [2.75, 3.05) is 19.4 Å². The minimum absolute atomic E-state index is 0.121. The Bertz CT molecular complexity index is 1140. The molecule has 0 saturated heterocycles. The second kappa shape index (κ2) is 9.17. The zero-order valence-electron chi connectivity index (χ0n) is 16.5. The van der Waals surface area contributed by atoms with Crippen molar-refractivity contribution in [2.45, 2.75) is 4.90 Å². The maximum Gasteiger partial charge on any atom is 0.257 e. The molecular weight excluding hydrogens is 418 g/mol. The van der Waals surface area contributed by atoms with Crippen LogP contribution in [0.3, 0.4) is 0 Å². The lowest BCUT2D eigenvalue weighted by atomic mass is 10.0. The first kappa shape index (κ1) is 21.6. The van der Waals surface area contributed by atoms with Crippen LogP contribution in [0, 0.1) is 0 Å². The standard InChI is InChI=1S/C22H21N3O3S2/c1-25(2)30(27,28)20-14-12-19(13-15-20)23-22(29)24-21(26)18-10-8-17(9-11-18)16-6-4-3-5-7-16/h3-15H,1-2H3,(H2,23,24,26,29). The summed E-state index contributed by atoms with van der Waals surface area (Å²) in [7, 11) is -0.556. The number of amides is 1. The van der Waals surface area contributed by atoms with Gasteiger partial charge in [-0.15, -0.1) is 0 Å². The summed E-state index contributed by atoms with van der Waals surface area (Å²) >= 11 is 5.19. The number of hydrogen-bond acceptors (Lipinski definition) is 4. The quantitative estimate of drug-likeness (QED) is 0.593. The second-order valence-electron chi connectivity index (χ2n) is 6.66. The number of anilines is 1. The Morgan fingerprint density at radius 1 is 0.833 bits per heavy atom. The third kappa shape index (κ3) is 5.10. The van der Waals surface area contributed by atoms with Crippen molar-refractivity contribution in [3.8, 4) is 11.1 Å². The summed E-state index contributed by atoms with van der Waals surface area (Å²) in [6, 6.07) is 23.2. The number of carbonyl (C=O) groups is 1. The molecule has 0 unspecified atom stereocenters. The highest BCUT2D eigenvalue weighted by molar-refractivity contribution is 7.89. The summed E-state index contributed by atoms with van der Waals surface area (Å²) in [5.74, 6) is -0.334. The number of sulfonamides is 1. The molecule has 0 aliphatic heterocycles. The molecule has 1 amide bonds. The molecule has 0 aliphatic rings. The van der Waals surface area contributed by atoms with E-state index in [1.807, 2.05) is 42.5 Å². The summed E-state index contributed by atoms with van der Waals surface area (Å²) in [6.45, 7) is 0. The zero-order valence-corrected chi connectivity index (χ0v) is 18.1. The minimum atomic E-state index is -3.50. The fourth-order valence-electron chi connectivity index (χ4n) is 2.70. The molecule has 3 aromatic rings. The van der Waals surface area contributed by atoms with Gasteiger partial charge in [0, 0.05) is 25.3 Å². The Balaban J connectivity index is 1.61. The lowest BCUT2D eigenvalue weighted by molar-refractivity contribution is 0.0977. The predicted molar refractivity (Wildman–Crippen MR) is 123 cm³/mol. The molecule has 0 aromatic heterocycles. The van der Waals surface area contributed by atoms with Crippen LogP contribution in [0.5, 0.6) is 0 Å². The van der Waals surface area contributed by atoms with Gasteiger partial charge in [0.25, 0.3) is 5.91 Å². The lowest BCUT2D eigenvalue weighted by Gasteiger charge is -2.13. The van der Waals surface area contributed by atoms with E-state index in [-0.39, 0.29) is 15.9 Å². The number of hydrogen-bond donors (Lipinski definition) is 2. The number of nitrogens with zero attached hydrogens (tertiary/aromatic N) is 1. The van der Waals surface area contributed by atoms with Gasteiger partial charge in [0.2, 0.25) is 10.0 Å². The summed E-state index contributed by atoms with van der Waals surface area (Å²) in [5.41, 5.74) is 3.13. The summed E-state index contributed by atoms with van der Waals surface area (Å²) in [4.78, 5) is 12.6. The topological polar surface area (TPSA) is 78.5 Å². The number of carbonyl (C=O) groups excluding carboxylic acids is 1. The first-order valence-corrected chi connectivity index (χ1v) is 10.9. The monoisotopic (exact) mass is 439 g/mol. The fourth-order valence-corrected chi connectivity index (χ4v) is 3.82.